The summed E-state index contributed by atoms with van der Waals surface area (Å²) >= 11 is 12.2. The molecule has 4 aromatic rings. The average Bonchev–Trinajstić information content (AvgIpc) is 3.41. The van der Waals surface area contributed by atoms with Gasteiger partial charge in [-0.05, 0) is 48.5 Å². The molecule has 3 amide bonds. The van der Waals surface area contributed by atoms with Crippen LogP contribution in [0.2, 0.25) is 10.2 Å². The van der Waals surface area contributed by atoms with Crippen molar-refractivity contribution in [3.8, 4) is 5.69 Å². The molecule has 5 rings (SSSR count). The summed E-state index contributed by atoms with van der Waals surface area (Å²) in [5, 5.41) is 11.1. The molecule has 1 aliphatic rings. The fourth-order valence-corrected chi connectivity index (χ4v) is 4.89. The number of aromatic nitrogens is 4. The zero-order chi connectivity index (χ0) is 29.8. The summed E-state index contributed by atoms with van der Waals surface area (Å²) in [6.07, 6.45) is 4.74. The third kappa shape index (κ3) is 6.24. The van der Waals surface area contributed by atoms with Gasteiger partial charge in [-0.1, -0.05) is 34.5 Å². The van der Waals surface area contributed by atoms with Crippen molar-refractivity contribution < 1.29 is 14.4 Å². The van der Waals surface area contributed by atoms with Gasteiger partial charge in [0, 0.05) is 53.5 Å². The number of nitrogen functional groups attached to an aromatic ring is 1. The zero-order valence-electron chi connectivity index (χ0n) is 22.3. The van der Waals surface area contributed by atoms with Gasteiger partial charge in [-0.15, -0.1) is 5.10 Å². The van der Waals surface area contributed by atoms with Crippen molar-refractivity contribution in [3.05, 3.63) is 88.4 Å². The molecule has 0 radical (unpaired) electrons. The minimum absolute atomic E-state index is 0.0871. The first-order chi connectivity index (χ1) is 20.2. The van der Waals surface area contributed by atoms with Crippen LogP contribution >= 0.6 is 23.2 Å². The molecular formula is C28H25Cl2N9O3. The van der Waals surface area contributed by atoms with Gasteiger partial charge in [0.05, 0.1) is 17.6 Å². The molecule has 2 aromatic heterocycles. The third-order valence-electron chi connectivity index (χ3n) is 6.59. The molecule has 14 heteroatoms. The number of nitrogens with zero attached hydrogens (tertiary/aromatic N) is 7. The van der Waals surface area contributed by atoms with E-state index < -0.39 is 23.8 Å². The van der Waals surface area contributed by atoms with Crippen LogP contribution in [-0.4, -0.2) is 75.0 Å². The quantitative estimate of drug-likeness (QED) is 0.231. The van der Waals surface area contributed by atoms with Gasteiger partial charge >= 0.3 is 0 Å². The van der Waals surface area contributed by atoms with Crippen molar-refractivity contribution >= 4 is 64.2 Å². The lowest BCUT2D eigenvalue weighted by molar-refractivity contribution is -0.143. The average molecular weight is 606 g/mol. The van der Waals surface area contributed by atoms with Crippen molar-refractivity contribution in [1.82, 2.24) is 24.9 Å². The number of carbonyl (C=O) groups is 3. The van der Waals surface area contributed by atoms with E-state index in [2.05, 4.69) is 25.6 Å². The zero-order valence-corrected chi connectivity index (χ0v) is 23.8. The SMILES string of the molecule is CN=Cc1cc(NC(=O)C(Cc2ccccn2)N2CC(=O)N(c3cc(Cl)ccc3-n3cc(Cl)nn3)CC2=O)ccc1N. The van der Waals surface area contributed by atoms with E-state index >= 15 is 0 Å². The molecule has 0 aliphatic carbocycles. The predicted octanol–water partition coefficient (Wildman–Crippen LogP) is 3.03. The number of anilines is 3. The molecule has 0 bridgehead atoms. The lowest BCUT2D eigenvalue weighted by atomic mass is 10.1. The summed E-state index contributed by atoms with van der Waals surface area (Å²) in [6, 6.07) is 14.1. The van der Waals surface area contributed by atoms with E-state index in [9.17, 15) is 14.4 Å². The second kappa shape index (κ2) is 12.4. The van der Waals surface area contributed by atoms with E-state index in [1.54, 1.807) is 74.1 Å². The van der Waals surface area contributed by atoms with Gasteiger partial charge in [0.15, 0.2) is 5.15 Å². The smallest absolute Gasteiger partial charge is 0.247 e. The Hall–Kier alpha value is -4.81. The summed E-state index contributed by atoms with van der Waals surface area (Å²) in [5.41, 5.74) is 8.97. The van der Waals surface area contributed by atoms with Crippen molar-refractivity contribution in [2.45, 2.75) is 12.5 Å². The van der Waals surface area contributed by atoms with Crippen LogP contribution in [-0.2, 0) is 20.8 Å². The molecule has 12 nitrogen and oxygen atoms in total. The number of carbonyl (C=O) groups excluding carboxylic acids is 3. The van der Waals surface area contributed by atoms with Gasteiger partial charge in [-0.2, -0.15) is 0 Å². The van der Waals surface area contributed by atoms with Crippen LogP contribution in [0.3, 0.4) is 0 Å². The first-order valence-corrected chi connectivity index (χ1v) is 13.5. The molecule has 0 spiro atoms. The maximum Gasteiger partial charge on any atom is 0.247 e. The van der Waals surface area contributed by atoms with E-state index in [1.807, 2.05) is 0 Å². The lowest BCUT2D eigenvalue weighted by Gasteiger charge is -2.38. The number of hydrogen-bond donors (Lipinski definition) is 2. The highest BCUT2D eigenvalue weighted by Crippen LogP contribution is 2.30. The highest BCUT2D eigenvalue weighted by molar-refractivity contribution is 6.31. The third-order valence-corrected chi connectivity index (χ3v) is 7.00. The number of nitrogens with one attached hydrogen (secondary N) is 1. The molecule has 1 unspecified atom stereocenters. The number of pyridine rings is 1. The molecule has 3 heterocycles. The molecule has 1 saturated heterocycles. The van der Waals surface area contributed by atoms with Gasteiger partial charge in [0.1, 0.15) is 19.1 Å². The maximum atomic E-state index is 13.7. The van der Waals surface area contributed by atoms with Crippen LogP contribution in [0.15, 0.2) is 72.0 Å². The largest absolute Gasteiger partial charge is 0.398 e. The van der Waals surface area contributed by atoms with E-state index in [4.69, 9.17) is 28.9 Å². The number of amides is 3. The summed E-state index contributed by atoms with van der Waals surface area (Å²) in [5.74, 6) is -1.35. The summed E-state index contributed by atoms with van der Waals surface area (Å²) in [6.45, 7) is -0.692. The van der Waals surface area contributed by atoms with E-state index in [0.29, 0.717) is 39.0 Å². The molecule has 1 fully saturated rings. The van der Waals surface area contributed by atoms with Gasteiger partial charge in [0.25, 0.3) is 0 Å². The Morgan fingerprint density at radius 1 is 1.10 bits per heavy atom. The Bertz CT molecular complexity index is 1680. The van der Waals surface area contributed by atoms with E-state index in [1.165, 1.54) is 20.7 Å². The van der Waals surface area contributed by atoms with Gasteiger partial charge in [-0.3, -0.25) is 29.3 Å². The molecule has 0 saturated carbocycles. The standard InChI is InChI=1S/C28H25Cl2N9O3/c1-32-13-17-10-20(6-7-21(17)31)34-28(42)24(12-19-4-2-3-9-33-19)38-16-26(40)37(15-27(38)41)23-11-18(29)5-8-22(23)39-14-25(30)35-36-39/h2-11,13-14,24H,12,15-16,31H2,1H3,(H,34,42). The number of nitrogens with two attached hydrogens (primary N) is 1. The topological polar surface area (TPSA) is 152 Å². The van der Waals surface area contributed by atoms with Crippen LogP contribution in [0.1, 0.15) is 11.3 Å². The predicted molar refractivity (Wildman–Crippen MR) is 160 cm³/mol. The van der Waals surface area contributed by atoms with Gasteiger partial charge in [0.2, 0.25) is 17.7 Å². The number of benzene rings is 2. The van der Waals surface area contributed by atoms with Gasteiger partial charge < -0.3 is 16.0 Å². The number of rotatable bonds is 8. The number of aliphatic imine (C=N–C) groups is 1. The Balaban J connectivity index is 1.44. The van der Waals surface area contributed by atoms with Crippen molar-refractivity contribution in [2.75, 3.05) is 36.1 Å². The van der Waals surface area contributed by atoms with Crippen LogP contribution in [0.5, 0.6) is 0 Å². The van der Waals surface area contributed by atoms with Crippen LogP contribution < -0.4 is 16.0 Å². The highest BCUT2D eigenvalue weighted by atomic mass is 35.5. The lowest BCUT2D eigenvalue weighted by Crippen LogP contribution is -2.60. The second-order valence-corrected chi connectivity index (χ2v) is 10.2. The molecule has 214 valence electrons. The monoisotopic (exact) mass is 605 g/mol. The molecule has 2 aromatic carbocycles. The minimum Gasteiger partial charge on any atom is -0.398 e. The number of hydrogen-bond acceptors (Lipinski definition) is 8. The Kier molecular flexibility index (Phi) is 8.46. The van der Waals surface area contributed by atoms with E-state index in [-0.39, 0.29) is 24.7 Å². The van der Waals surface area contributed by atoms with Crippen LogP contribution in [0.4, 0.5) is 17.1 Å². The van der Waals surface area contributed by atoms with Crippen molar-refractivity contribution in [2.24, 2.45) is 4.99 Å². The summed E-state index contributed by atoms with van der Waals surface area (Å²) in [7, 11) is 1.61. The Morgan fingerprint density at radius 2 is 1.93 bits per heavy atom. The first kappa shape index (κ1) is 28.7. The Labute approximate surface area is 250 Å². The molecule has 1 aliphatic heterocycles. The second-order valence-electron chi connectivity index (χ2n) is 9.38. The fraction of sp³-hybridized carbons (Fsp3) is 0.179. The van der Waals surface area contributed by atoms with Crippen molar-refractivity contribution in [3.63, 3.8) is 0 Å². The van der Waals surface area contributed by atoms with Crippen LogP contribution in [0.25, 0.3) is 5.69 Å². The summed E-state index contributed by atoms with van der Waals surface area (Å²) in [4.78, 5) is 51.8. The van der Waals surface area contributed by atoms with E-state index in [0.717, 1.165) is 0 Å². The molecule has 42 heavy (non-hydrogen) atoms. The Morgan fingerprint density at radius 3 is 2.64 bits per heavy atom. The number of halogens is 2. The van der Waals surface area contributed by atoms with Crippen LogP contribution in [0, 0.1) is 0 Å². The minimum atomic E-state index is -1.03. The normalized spacial score (nSPS) is 14.5. The molecule has 1 atom stereocenters. The highest BCUT2D eigenvalue weighted by Gasteiger charge is 2.39. The molecular weight excluding hydrogens is 581 g/mol. The number of piperazine rings is 1. The van der Waals surface area contributed by atoms with Crippen molar-refractivity contribution in [1.29, 1.82) is 0 Å². The maximum absolute atomic E-state index is 13.7. The fourth-order valence-electron chi connectivity index (χ4n) is 4.60. The van der Waals surface area contributed by atoms with Gasteiger partial charge in [-0.25, -0.2) is 4.68 Å². The summed E-state index contributed by atoms with van der Waals surface area (Å²) < 4.78 is 1.39. The molecule has 3 N–H and O–H groups in total. The first-order valence-electron chi connectivity index (χ1n) is 12.7.